The molecule has 2 aromatic rings. The van der Waals surface area contributed by atoms with E-state index in [2.05, 4.69) is 29.2 Å². The molecule has 0 heterocycles. The molecule has 2 aromatic carbocycles. The highest BCUT2D eigenvalue weighted by atomic mass is 35.5. The summed E-state index contributed by atoms with van der Waals surface area (Å²) in [4.78, 5) is 28.3. The van der Waals surface area contributed by atoms with E-state index in [0.29, 0.717) is 42.6 Å². The molecule has 3 amide bonds. The number of amides is 3. The molecule has 0 bridgehead atoms. The first kappa shape index (κ1) is 33.2. The quantitative estimate of drug-likeness (QED) is 0.203. The first-order valence-electron chi connectivity index (χ1n) is 14.4. The van der Waals surface area contributed by atoms with Crippen LogP contribution >= 0.6 is 23.2 Å². The summed E-state index contributed by atoms with van der Waals surface area (Å²) in [6.45, 7) is 5.28. The first-order chi connectivity index (χ1) is 19.5. The predicted octanol–water partition coefficient (Wildman–Crippen LogP) is 6.70. The minimum absolute atomic E-state index is 0.00727. The smallest absolute Gasteiger partial charge is 0.319 e. The predicted molar refractivity (Wildman–Crippen MR) is 166 cm³/mol. The lowest BCUT2D eigenvalue weighted by atomic mass is 9.88. The Balaban J connectivity index is 1.61. The lowest BCUT2D eigenvalue weighted by molar-refractivity contribution is -0.137. The zero-order valence-electron chi connectivity index (χ0n) is 23.9. The van der Waals surface area contributed by atoms with E-state index < -0.39 is 10.0 Å². The minimum Gasteiger partial charge on any atom is -0.340 e. The van der Waals surface area contributed by atoms with Crippen molar-refractivity contribution in [2.75, 3.05) is 25.0 Å². The molecule has 0 saturated heterocycles. The van der Waals surface area contributed by atoms with Crippen LogP contribution in [0.3, 0.4) is 0 Å². The maximum Gasteiger partial charge on any atom is 0.319 e. The van der Waals surface area contributed by atoms with Gasteiger partial charge in [0.25, 0.3) is 0 Å². The molecule has 226 valence electrons. The maximum atomic E-state index is 13.6. The molecule has 41 heavy (non-hydrogen) atoms. The number of halogens is 2. The zero-order valence-corrected chi connectivity index (χ0v) is 26.2. The molecule has 0 spiro atoms. The van der Waals surface area contributed by atoms with Crippen molar-refractivity contribution >= 4 is 50.9 Å². The monoisotopic (exact) mass is 624 g/mol. The Morgan fingerprint density at radius 2 is 1.71 bits per heavy atom. The summed E-state index contributed by atoms with van der Waals surface area (Å²) in [5.74, 6) is 0.433. The Labute approximate surface area is 254 Å². The van der Waals surface area contributed by atoms with Gasteiger partial charge in [-0.25, -0.2) is 17.9 Å². The van der Waals surface area contributed by atoms with Gasteiger partial charge in [-0.3, -0.25) is 4.79 Å². The number of nitrogens with one attached hydrogen (secondary N) is 3. The number of unbranched alkanes of at least 4 members (excludes halogenated alkanes) is 1. The van der Waals surface area contributed by atoms with Crippen molar-refractivity contribution in [1.82, 2.24) is 14.9 Å². The highest BCUT2D eigenvalue weighted by molar-refractivity contribution is 7.89. The van der Waals surface area contributed by atoms with E-state index in [0.717, 1.165) is 38.5 Å². The summed E-state index contributed by atoms with van der Waals surface area (Å²) in [7, 11) is -3.79. The van der Waals surface area contributed by atoms with Gasteiger partial charge >= 0.3 is 6.03 Å². The topological polar surface area (TPSA) is 108 Å². The zero-order chi connectivity index (χ0) is 29.8. The van der Waals surface area contributed by atoms with Crippen molar-refractivity contribution in [1.29, 1.82) is 0 Å². The Kier molecular flexibility index (Phi) is 13.2. The Bertz CT molecular complexity index is 1240. The summed E-state index contributed by atoms with van der Waals surface area (Å²) in [5, 5.41) is 6.37. The third-order valence-corrected chi connectivity index (χ3v) is 9.34. The molecule has 1 atom stereocenters. The molecule has 0 aromatic heterocycles. The third-order valence-electron chi connectivity index (χ3n) is 7.16. The standard InChI is InChI=1S/C30H42Cl2N4O4S/c1-22(2)19-26(35-30(38)34-25-13-7-4-8-14-25)21-36(29(37)23-11-5-3-6-12-23)18-10-9-17-33-41(39,40)28-16-15-24(31)20-27(28)32/h4,7-8,13-16,20,22-23,26,33H,3,5-6,9-12,17-19,21H2,1-2H3,(H2,34,35,38)/t26-/m0/s1. The number of rotatable bonds is 14. The fraction of sp³-hybridized carbons (Fsp3) is 0.533. The SMILES string of the molecule is CC(C)C[C@@H](CN(CCCCNS(=O)(=O)c1ccc(Cl)cc1Cl)C(=O)C1CCCCC1)NC(=O)Nc1ccccc1. The van der Waals surface area contributed by atoms with Gasteiger partial charge in [-0.2, -0.15) is 0 Å². The summed E-state index contributed by atoms with van der Waals surface area (Å²) in [6, 6.07) is 13.0. The van der Waals surface area contributed by atoms with E-state index in [1.165, 1.54) is 18.2 Å². The van der Waals surface area contributed by atoms with Crippen molar-refractivity contribution in [3.05, 3.63) is 58.6 Å². The maximum absolute atomic E-state index is 13.6. The minimum atomic E-state index is -3.79. The summed E-state index contributed by atoms with van der Waals surface area (Å²) < 4.78 is 28.0. The second-order valence-electron chi connectivity index (χ2n) is 11.1. The van der Waals surface area contributed by atoms with Gasteiger partial charge in [0, 0.05) is 42.3 Å². The number of carbonyl (C=O) groups is 2. The van der Waals surface area contributed by atoms with Crippen LogP contribution in [0.4, 0.5) is 10.5 Å². The van der Waals surface area contributed by atoms with Gasteiger partial charge < -0.3 is 15.5 Å². The first-order valence-corrected chi connectivity index (χ1v) is 16.6. The van der Waals surface area contributed by atoms with Crippen molar-refractivity contribution in [2.45, 2.75) is 76.2 Å². The molecule has 1 fully saturated rings. The van der Waals surface area contributed by atoms with E-state index in [9.17, 15) is 18.0 Å². The van der Waals surface area contributed by atoms with E-state index in [1.807, 2.05) is 35.2 Å². The van der Waals surface area contributed by atoms with Crippen molar-refractivity contribution < 1.29 is 18.0 Å². The van der Waals surface area contributed by atoms with Gasteiger partial charge in [0.05, 0.1) is 5.02 Å². The molecule has 11 heteroatoms. The fourth-order valence-corrected chi connectivity index (χ4v) is 7.04. The molecule has 0 unspecified atom stereocenters. The van der Waals surface area contributed by atoms with Gasteiger partial charge in [0.2, 0.25) is 15.9 Å². The average molecular weight is 626 g/mol. The normalized spacial score (nSPS) is 15.0. The van der Waals surface area contributed by atoms with E-state index in [-0.39, 0.29) is 40.4 Å². The summed E-state index contributed by atoms with van der Waals surface area (Å²) >= 11 is 12.0. The van der Waals surface area contributed by atoms with Gasteiger partial charge in [-0.15, -0.1) is 0 Å². The van der Waals surface area contributed by atoms with Crippen LogP contribution in [-0.2, 0) is 14.8 Å². The van der Waals surface area contributed by atoms with Gasteiger partial charge in [-0.05, 0) is 68.4 Å². The number of anilines is 1. The molecule has 1 saturated carbocycles. The van der Waals surface area contributed by atoms with Crippen molar-refractivity contribution in [3.8, 4) is 0 Å². The number of para-hydroxylation sites is 1. The molecule has 1 aliphatic rings. The summed E-state index contributed by atoms with van der Waals surface area (Å²) in [5.41, 5.74) is 0.700. The fourth-order valence-electron chi connectivity index (χ4n) is 5.19. The van der Waals surface area contributed by atoms with Crippen LogP contribution in [0.1, 0.15) is 65.2 Å². The lowest BCUT2D eigenvalue weighted by Gasteiger charge is -2.33. The number of nitrogens with zero attached hydrogens (tertiary/aromatic N) is 1. The van der Waals surface area contributed by atoms with Gasteiger partial charge in [0.1, 0.15) is 4.90 Å². The molecule has 3 rings (SSSR count). The highest BCUT2D eigenvalue weighted by Gasteiger charge is 2.28. The second kappa shape index (κ2) is 16.3. The van der Waals surface area contributed by atoms with Crippen molar-refractivity contribution in [3.63, 3.8) is 0 Å². The van der Waals surface area contributed by atoms with Crippen LogP contribution in [0.2, 0.25) is 10.0 Å². The molecule has 8 nitrogen and oxygen atoms in total. The number of urea groups is 1. The molecule has 1 aliphatic carbocycles. The van der Waals surface area contributed by atoms with E-state index in [1.54, 1.807) is 0 Å². The molecule has 0 radical (unpaired) electrons. The average Bonchev–Trinajstić information content (AvgIpc) is 2.92. The van der Waals surface area contributed by atoms with E-state index >= 15 is 0 Å². The molecule has 3 N–H and O–H groups in total. The number of benzene rings is 2. The Hall–Kier alpha value is -2.33. The number of hydrogen-bond acceptors (Lipinski definition) is 4. The van der Waals surface area contributed by atoms with Gasteiger partial charge in [0.15, 0.2) is 0 Å². The van der Waals surface area contributed by atoms with Crippen LogP contribution < -0.4 is 15.4 Å². The second-order valence-corrected chi connectivity index (χ2v) is 13.7. The van der Waals surface area contributed by atoms with Gasteiger partial charge in [-0.1, -0.05) is 74.5 Å². The molecular formula is C30H42Cl2N4O4S. The lowest BCUT2D eigenvalue weighted by Crippen LogP contribution is -2.49. The summed E-state index contributed by atoms with van der Waals surface area (Å²) in [6.07, 6.45) is 6.88. The van der Waals surface area contributed by atoms with Crippen LogP contribution in [0, 0.1) is 11.8 Å². The van der Waals surface area contributed by atoms with Crippen LogP contribution in [-0.4, -0.2) is 50.9 Å². The number of carbonyl (C=O) groups excluding carboxylic acids is 2. The largest absolute Gasteiger partial charge is 0.340 e. The van der Waals surface area contributed by atoms with E-state index in [4.69, 9.17) is 23.2 Å². The molecule has 0 aliphatic heterocycles. The number of sulfonamides is 1. The van der Waals surface area contributed by atoms with Crippen molar-refractivity contribution in [2.24, 2.45) is 11.8 Å². The third kappa shape index (κ3) is 11.1. The van der Waals surface area contributed by atoms with Crippen LogP contribution in [0.15, 0.2) is 53.4 Å². The Morgan fingerprint density at radius 3 is 2.37 bits per heavy atom. The number of hydrogen-bond donors (Lipinski definition) is 3. The Morgan fingerprint density at radius 1 is 1.00 bits per heavy atom. The molecular weight excluding hydrogens is 583 g/mol. The highest BCUT2D eigenvalue weighted by Crippen LogP contribution is 2.27. The van der Waals surface area contributed by atoms with Crippen LogP contribution in [0.5, 0.6) is 0 Å². The van der Waals surface area contributed by atoms with Crippen LogP contribution in [0.25, 0.3) is 0 Å².